The van der Waals surface area contributed by atoms with Crippen molar-refractivity contribution in [3.63, 3.8) is 0 Å². The minimum atomic E-state index is -0.923. The van der Waals surface area contributed by atoms with Crippen LogP contribution in [0.4, 0.5) is 0 Å². The third kappa shape index (κ3) is 1.92. The first-order valence-electron chi connectivity index (χ1n) is 4.86. The number of nitrogens with two attached hydrogens (primary N) is 1. The van der Waals surface area contributed by atoms with E-state index in [2.05, 4.69) is 15.9 Å². The van der Waals surface area contributed by atoms with E-state index in [0.29, 0.717) is 0 Å². The first-order chi connectivity index (χ1) is 7.09. The van der Waals surface area contributed by atoms with Gasteiger partial charge in [-0.1, -0.05) is 22.0 Å². The first kappa shape index (κ1) is 10.6. The van der Waals surface area contributed by atoms with Gasteiger partial charge in [-0.3, -0.25) is 4.79 Å². The second-order valence-electron chi connectivity index (χ2n) is 3.85. The van der Waals surface area contributed by atoms with E-state index in [0.717, 1.165) is 22.9 Å². The summed E-state index contributed by atoms with van der Waals surface area (Å²) in [6.07, 6.45) is 1.76. The number of benzene rings is 1. The predicted octanol–water partition coefficient (Wildman–Crippen LogP) is 1.89. The molecule has 80 valence electrons. The maximum absolute atomic E-state index is 10.8. The molecular weight excluding hydrogens is 258 g/mol. The third-order valence-electron chi connectivity index (χ3n) is 2.95. The molecule has 0 aromatic heterocycles. The number of rotatable bonds is 2. The van der Waals surface area contributed by atoms with Gasteiger partial charge >= 0.3 is 5.97 Å². The lowest BCUT2D eigenvalue weighted by Gasteiger charge is -2.16. The molecule has 1 aliphatic rings. The van der Waals surface area contributed by atoms with Crippen molar-refractivity contribution in [2.75, 3.05) is 0 Å². The number of halogens is 1. The average Bonchev–Trinajstić information content (AvgIpc) is 2.59. The van der Waals surface area contributed by atoms with E-state index in [1.54, 1.807) is 0 Å². The van der Waals surface area contributed by atoms with Gasteiger partial charge in [0, 0.05) is 10.4 Å². The largest absolute Gasteiger partial charge is 0.480 e. The van der Waals surface area contributed by atoms with Crippen LogP contribution in [0.2, 0.25) is 0 Å². The fourth-order valence-electron chi connectivity index (χ4n) is 2.15. The van der Waals surface area contributed by atoms with Crippen molar-refractivity contribution in [3.8, 4) is 0 Å². The number of carboxylic acids is 1. The van der Waals surface area contributed by atoms with Gasteiger partial charge in [-0.25, -0.2) is 0 Å². The SMILES string of the molecule is N[C@H](C(=O)O)[C@@H]1CCc2ccc(Br)cc21. The van der Waals surface area contributed by atoms with Gasteiger partial charge in [0.1, 0.15) is 6.04 Å². The van der Waals surface area contributed by atoms with Gasteiger partial charge in [-0.2, -0.15) is 0 Å². The first-order valence-corrected chi connectivity index (χ1v) is 5.65. The monoisotopic (exact) mass is 269 g/mol. The smallest absolute Gasteiger partial charge is 0.321 e. The van der Waals surface area contributed by atoms with Crippen LogP contribution < -0.4 is 5.73 Å². The third-order valence-corrected chi connectivity index (χ3v) is 3.44. The Kier molecular flexibility index (Phi) is 2.80. The van der Waals surface area contributed by atoms with E-state index in [1.807, 2.05) is 18.2 Å². The van der Waals surface area contributed by atoms with Gasteiger partial charge in [-0.15, -0.1) is 0 Å². The molecule has 0 spiro atoms. The molecule has 3 N–H and O–H groups in total. The van der Waals surface area contributed by atoms with Crippen LogP contribution in [0.3, 0.4) is 0 Å². The molecule has 0 saturated heterocycles. The maximum Gasteiger partial charge on any atom is 0.321 e. The maximum atomic E-state index is 10.8. The summed E-state index contributed by atoms with van der Waals surface area (Å²) in [4.78, 5) is 10.8. The zero-order chi connectivity index (χ0) is 11.0. The summed E-state index contributed by atoms with van der Waals surface area (Å²) in [7, 11) is 0. The Morgan fingerprint density at radius 1 is 1.60 bits per heavy atom. The molecule has 2 rings (SSSR count). The number of aryl methyl sites for hydroxylation is 1. The fraction of sp³-hybridized carbons (Fsp3) is 0.364. The Morgan fingerprint density at radius 3 is 3.00 bits per heavy atom. The van der Waals surface area contributed by atoms with Crippen LogP contribution >= 0.6 is 15.9 Å². The van der Waals surface area contributed by atoms with E-state index in [-0.39, 0.29) is 5.92 Å². The molecule has 0 aliphatic heterocycles. The van der Waals surface area contributed by atoms with Gasteiger partial charge in [0.05, 0.1) is 0 Å². The Morgan fingerprint density at radius 2 is 2.33 bits per heavy atom. The average molecular weight is 270 g/mol. The number of carbonyl (C=O) groups is 1. The van der Waals surface area contributed by atoms with Crippen LogP contribution in [-0.4, -0.2) is 17.1 Å². The van der Waals surface area contributed by atoms with Crippen LogP contribution in [0.1, 0.15) is 23.5 Å². The topological polar surface area (TPSA) is 63.3 Å². The number of carboxylic acid groups (broad SMARTS) is 1. The number of hydrogen-bond donors (Lipinski definition) is 2. The highest BCUT2D eigenvalue weighted by molar-refractivity contribution is 9.10. The molecule has 0 fully saturated rings. The van der Waals surface area contributed by atoms with Gasteiger partial charge in [0.2, 0.25) is 0 Å². The molecular formula is C11H12BrNO2. The van der Waals surface area contributed by atoms with Crippen molar-refractivity contribution in [2.45, 2.75) is 24.8 Å². The minimum absolute atomic E-state index is 0.0463. The molecule has 1 aromatic carbocycles. The van der Waals surface area contributed by atoms with Crippen molar-refractivity contribution < 1.29 is 9.90 Å². The molecule has 0 bridgehead atoms. The summed E-state index contributed by atoms with van der Waals surface area (Å²) in [5, 5.41) is 8.90. The second-order valence-corrected chi connectivity index (χ2v) is 4.77. The second kappa shape index (κ2) is 3.94. The summed E-state index contributed by atoms with van der Waals surface area (Å²) in [5.74, 6) is -0.970. The fourth-order valence-corrected chi connectivity index (χ4v) is 2.53. The number of aliphatic carboxylic acids is 1. The minimum Gasteiger partial charge on any atom is -0.480 e. The highest BCUT2D eigenvalue weighted by atomic mass is 79.9. The lowest BCUT2D eigenvalue weighted by atomic mass is 9.94. The van der Waals surface area contributed by atoms with Crippen LogP contribution in [0, 0.1) is 0 Å². The molecule has 0 heterocycles. The van der Waals surface area contributed by atoms with Crippen LogP contribution in [0.15, 0.2) is 22.7 Å². The van der Waals surface area contributed by atoms with Gasteiger partial charge in [0.25, 0.3) is 0 Å². The molecule has 2 atom stereocenters. The van der Waals surface area contributed by atoms with Crippen molar-refractivity contribution in [1.29, 1.82) is 0 Å². The van der Waals surface area contributed by atoms with Gasteiger partial charge in [-0.05, 0) is 36.1 Å². The van der Waals surface area contributed by atoms with Crippen molar-refractivity contribution >= 4 is 21.9 Å². The zero-order valence-electron chi connectivity index (χ0n) is 8.11. The summed E-state index contributed by atoms with van der Waals surface area (Å²) < 4.78 is 0.978. The Hall–Kier alpha value is -0.870. The highest BCUT2D eigenvalue weighted by Gasteiger charge is 2.31. The summed E-state index contributed by atoms with van der Waals surface area (Å²) in [6, 6.07) is 5.21. The predicted molar refractivity (Wildman–Crippen MR) is 60.8 cm³/mol. The van der Waals surface area contributed by atoms with Crippen molar-refractivity contribution in [1.82, 2.24) is 0 Å². The molecule has 0 saturated carbocycles. The van der Waals surface area contributed by atoms with E-state index < -0.39 is 12.0 Å². The molecule has 15 heavy (non-hydrogen) atoms. The van der Waals surface area contributed by atoms with E-state index >= 15 is 0 Å². The Labute approximate surface area is 96.4 Å². The zero-order valence-corrected chi connectivity index (χ0v) is 9.70. The quantitative estimate of drug-likeness (QED) is 0.862. The normalized spacial score (nSPS) is 21.1. The molecule has 1 aliphatic carbocycles. The standard InChI is InChI=1S/C11H12BrNO2/c12-7-3-1-6-2-4-8(9(6)5-7)10(13)11(14)15/h1,3,5,8,10H,2,4,13H2,(H,14,15)/t8-,10+/m1/s1. The molecule has 0 radical (unpaired) electrons. The van der Waals surface area contributed by atoms with Crippen LogP contribution in [0.25, 0.3) is 0 Å². The lowest BCUT2D eigenvalue weighted by molar-refractivity contribution is -0.139. The van der Waals surface area contributed by atoms with E-state index in [4.69, 9.17) is 10.8 Å². The Balaban J connectivity index is 2.35. The summed E-state index contributed by atoms with van der Waals surface area (Å²) in [5.41, 5.74) is 7.98. The van der Waals surface area contributed by atoms with Crippen molar-refractivity contribution in [2.24, 2.45) is 5.73 Å². The molecule has 3 nitrogen and oxygen atoms in total. The molecule has 1 aromatic rings. The van der Waals surface area contributed by atoms with Crippen LogP contribution in [-0.2, 0) is 11.2 Å². The number of fused-ring (bicyclic) bond motifs is 1. The summed E-state index contributed by atoms with van der Waals surface area (Å²) in [6.45, 7) is 0. The Bertz CT molecular complexity index is 406. The number of hydrogen-bond acceptors (Lipinski definition) is 2. The van der Waals surface area contributed by atoms with E-state index in [1.165, 1.54) is 5.56 Å². The molecule has 0 amide bonds. The van der Waals surface area contributed by atoms with Crippen molar-refractivity contribution in [3.05, 3.63) is 33.8 Å². The lowest BCUT2D eigenvalue weighted by Crippen LogP contribution is -2.35. The summed E-state index contributed by atoms with van der Waals surface area (Å²) >= 11 is 3.39. The van der Waals surface area contributed by atoms with Gasteiger partial charge in [0.15, 0.2) is 0 Å². The highest BCUT2D eigenvalue weighted by Crippen LogP contribution is 2.36. The van der Waals surface area contributed by atoms with Gasteiger partial charge < -0.3 is 10.8 Å². The van der Waals surface area contributed by atoms with E-state index in [9.17, 15) is 4.79 Å². The molecule has 0 unspecified atom stereocenters. The molecule has 4 heteroatoms. The van der Waals surface area contributed by atoms with Crippen LogP contribution in [0.5, 0.6) is 0 Å².